The molecule has 4 aromatic rings. The Hall–Kier alpha value is -2.76. The Morgan fingerprint density at radius 3 is 2.47 bits per heavy atom. The first-order valence-corrected chi connectivity index (χ1v) is 13.2. The molecule has 0 N–H and O–H groups in total. The highest BCUT2D eigenvalue weighted by Gasteiger charge is 2.26. The maximum atomic E-state index is 6.60. The lowest BCUT2D eigenvalue weighted by Gasteiger charge is -2.09. The fraction of sp³-hybridized carbons (Fsp3) is 0.321. The molecule has 1 aliphatic rings. The third kappa shape index (κ3) is 4.59. The van der Waals surface area contributed by atoms with Gasteiger partial charge in [-0.3, -0.25) is 9.56 Å². The van der Waals surface area contributed by atoms with Gasteiger partial charge in [-0.2, -0.15) is 0 Å². The van der Waals surface area contributed by atoms with E-state index in [0.29, 0.717) is 12.5 Å². The van der Waals surface area contributed by atoms with Gasteiger partial charge in [0.1, 0.15) is 17.4 Å². The zero-order valence-electron chi connectivity index (χ0n) is 19.9. The Bertz CT molecular complexity index is 1330. The van der Waals surface area contributed by atoms with Crippen molar-refractivity contribution in [2.45, 2.75) is 53.0 Å². The summed E-state index contributed by atoms with van der Waals surface area (Å²) in [5, 5.41) is 10.7. The number of hydrogen-bond acceptors (Lipinski definition) is 4. The summed E-state index contributed by atoms with van der Waals surface area (Å²) >= 11 is 8.42. The van der Waals surface area contributed by atoms with Gasteiger partial charge in [0.25, 0.3) is 0 Å². The SMILES string of the molecule is CCc1nnc2n1-c1sc(CCc3ccc(CC(C)C)cc3)cc1C(c1ccccc1Cl)=NC2. The Morgan fingerprint density at radius 2 is 1.74 bits per heavy atom. The summed E-state index contributed by atoms with van der Waals surface area (Å²) in [6.45, 7) is 7.14. The number of benzene rings is 2. The van der Waals surface area contributed by atoms with Crippen LogP contribution in [0.3, 0.4) is 0 Å². The van der Waals surface area contributed by atoms with Crippen molar-refractivity contribution in [1.82, 2.24) is 14.8 Å². The zero-order valence-corrected chi connectivity index (χ0v) is 21.5. The fourth-order valence-electron chi connectivity index (χ4n) is 4.51. The van der Waals surface area contributed by atoms with Crippen molar-refractivity contribution in [2.24, 2.45) is 10.9 Å². The second-order valence-electron chi connectivity index (χ2n) is 9.21. The van der Waals surface area contributed by atoms with Crippen LogP contribution in [0, 0.1) is 5.92 Å². The molecule has 174 valence electrons. The van der Waals surface area contributed by atoms with E-state index < -0.39 is 0 Å². The highest BCUT2D eigenvalue weighted by molar-refractivity contribution is 7.15. The van der Waals surface area contributed by atoms with E-state index in [1.807, 2.05) is 35.6 Å². The molecule has 1 aliphatic heterocycles. The molecule has 0 spiro atoms. The van der Waals surface area contributed by atoms with Crippen LogP contribution in [0.15, 0.2) is 59.6 Å². The second kappa shape index (κ2) is 9.85. The second-order valence-corrected chi connectivity index (χ2v) is 10.7. The number of fused-ring (bicyclic) bond motifs is 3. The maximum Gasteiger partial charge on any atom is 0.160 e. The first kappa shape index (κ1) is 23.0. The topological polar surface area (TPSA) is 43.1 Å². The summed E-state index contributed by atoms with van der Waals surface area (Å²) in [6, 6.07) is 19.4. The van der Waals surface area contributed by atoms with Crippen molar-refractivity contribution in [3.05, 3.63) is 98.4 Å². The molecule has 0 fully saturated rings. The summed E-state index contributed by atoms with van der Waals surface area (Å²) in [5.74, 6) is 2.53. The normalized spacial score (nSPS) is 12.9. The van der Waals surface area contributed by atoms with Crippen molar-refractivity contribution < 1.29 is 0 Å². The molecule has 0 saturated carbocycles. The van der Waals surface area contributed by atoms with Gasteiger partial charge >= 0.3 is 0 Å². The number of rotatable bonds is 7. The summed E-state index contributed by atoms with van der Waals surface area (Å²) in [6.07, 6.45) is 3.94. The van der Waals surface area contributed by atoms with Crippen LogP contribution in [-0.2, 0) is 32.2 Å². The molecule has 4 nitrogen and oxygen atoms in total. The molecule has 2 aromatic heterocycles. The largest absolute Gasteiger partial charge is 0.276 e. The minimum Gasteiger partial charge on any atom is -0.276 e. The molecule has 0 atom stereocenters. The Morgan fingerprint density at radius 1 is 0.971 bits per heavy atom. The van der Waals surface area contributed by atoms with Crippen LogP contribution in [-0.4, -0.2) is 20.5 Å². The fourth-order valence-corrected chi connectivity index (χ4v) is 5.93. The van der Waals surface area contributed by atoms with Crippen molar-refractivity contribution in [3.8, 4) is 5.00 Å². The molecular formula is C28H29ClN4S. The van der Waals surface area contributed by atoms with E-state index in [1.54, 1.807) is 0 Å². The summed E-state index contributed by atoms with van der Waals surface area (Å²) in [5.41, 5.74) is 5.80. The average molecular weight is 489 g/mol. The van der Waals surface area contributed by atoms with E-state index in [1.165, 1.54) is 16.0 Å². The van der Waals surface area contributed by atoms with E-state index in [9.17, 15) is 0 Å². The molecule has 0 unspecified atom stereocenters. The van der Waals surface area contributed by atoms with E-state index in [0.717, 1.165) is 64.2 Å². The molecule has 0 amide bonds. The highest BCUT2D eigenvalue weighted by Crippen LogP contribution is 2.35. The van der Waals surface area contributed by atoms with Gasteiger partial charge in [0.05, 0.1) is 5.71 Å². The van der Waals surface area contributed by atoms with E-state index in [2.05, 4.69) is 65.9 Å². The molecular weight excluding hydrogens is 460 g/mol. The molecule has 34 heavy (non-hydrogen) atoms. The quantitative estimate of drug-likeness (QED) is 0.284. The van der Waals surface area contributed by atoms with E-state index in [4.69, 9.17) is 16.6 Å². The van der Waals surface area contributed by atoms with Crippen LogP contribution >= 0.6 is 22.9 Å². The minimum atomic E-state index is 0.493. The Kier molecular flexibility index (Phi) is 6.66. The van der Waals surface area contributed by atoms with Gasteiger partial charge in [-0.25, -0.2) is 0 Å². The molecule has 5 rings (SSSR count). The average Bonchev–Trinajstić information content (AvgIpc) is 3.40. The Labute approximate surface area is 210 Å². The summed E-state index contributed by atoms with van der Waals surface area (Å²) in [7, 11) is 0. The highest BCUT2D eigenvalue weighted by atomic mass is 35.5. The number of nitrogens with zero attached hydrogens (tertiary/aromatic N) is 4. The molecule has 6 heteroatoms. The third-order valence-corrected chi connectivity index (χ3v) is 7.68. The van der Waals surface area contributed by atoms with E-state index >= 15 is 0 Å². The lowest BCUT2D eigenvalue weighted by Crippen LogP contribution is -2.06. The van der Waals surface area contributed by atoms with Crippen molar-refractivity contribution in [2.75, 3.05) is 0 Å². The lowest BCUT2D eigenvalue weighted by molar-refractivity contribution is 0.647. The van der Waals surface area contributed by atoms with Crippen molar-refractivity contribution in [1.29, 1.82) is 0 Å². The van der Waals surface area contributed by atoms with Crippen LogP contribution < -0.4 is 0 Å². The summed E-state index contributed by atoms with van der Waals surface area (Å²) in [4.78, 5) is 6.30. The lowest BCUT2D eigenvalue weighted by atomic mass is 10.00. The van der Waals surface area contributed by atoms with Crippen LogP contribution in [0.4, 0.5) is 0 Å². The maximum absolute atomic E-state index is 6.60. The number of thiophene rings is 1. The first-order chi connectivity index (χ1) is 16.5. The van der Waals surface area contributed by atoms with Gasteiger partial charge in [0.15, 0.2) is 5.82 Å². The van der Waals surface area contributed by atoms with Crippen molar-refractivity contribution in [3.63, 3.8) is 0 Å². The number of halogens is 1. The molecule has 3 heterocycles. The van der Waals surface area contributed by atoms with Crippen molar-refractivity contribution >= 4 is 28.6 Å². The molecule has 0 saturated heterocycles. The monoisotopic (exact) mass is 488 g/mol. The standard InChI is InChI=1S/C28H29ClN4S/c1-4-25-31-32-26-17-30-27(22-7-5-6-8-24(22)29)23-16-21(34-28(23)33(25)26)14-13-19-9-11-20(12-10-19)15-18(2)3/h5-12,16,18H,4,13-15,17H2,1-3H3. The van der Waals surface area contributed by atoms with Gasteiger partial charge in [0, 0.05) is 27.4 Å². The van der Waals surface area contributed by atoms with Gasteiger partial charge in [-0.1, -0.05) is 74.8 Å². The van der Waals surface area contributed by atoms with Crippen LogP contribution in [0.2, 0.25) is 5.02 Å². The first-order valence-electron chi connectivity index (χ1n) is 12.0. The van der Waals surface area contributed by atoms with Gasteiger partial charge in [0.2, 0.25) is 0 Å². The van der Waals surface area contributed by atoms with E-state index in [-0.39, 0.29) is 0 Å². The molecule has 0 aliphatic carbocycles. The third-order valence-electron chi connectivity index (χ3n) is 6.17. The molecule has 0 bridgehead atoms. The van der Waals surface area contributed by atoms with Gasteiger partial charge in [-0.15, -0.1) is 21.5 Å². The smallest absolute Gasteiger partial charge is 0.160 e. The predicted molar refractivity (Wildman–Crippen MR) is 142 cm³/mol. The Balaban J connectivity index is 1.48. The van der Waals surface area contributed by atoms with Crippen LogP contribution in [0.25, 0.3) is 5.00 Å². The number of aryl methyl sites for hydroxylation is 3. The van der Waals surface area contributed by atoms with Crippen LogP contribution in [0.5, 0.6) is 0 Å². The number of hydrogen-bond donors (Lipinski definition) is 0. The number of aromatic nitrogens is 3. The minimum absolute atomic E-state index is 0.493. The molecule has 2 aromatic carbocycles. The number of aliphatic imine (C=N–C) groups is 1. The zero-order chi connectivity index (χ0) is 23.7. The van der Waals surface area contributed by atoms with Gasteiger partial charge in [-0.05, 0) is 48.4 Å². The molecule has 0 radical (unpaired) electrons. The van der Waals surface area contributed by atoms with Crippen LogP contribution in [0.1, 0.15) is 59.6 Å². The predicted octanol–water partition coefficient (Wildman–Crippen LogP) is 6.88. The van der Waals surface area contributed by atoms with Gasteiger partial charge < -0.3 is 0 Å². The summed E-state index contributed by atoms with van der Waals surface area (Å²) < 4.78 is 2.21.